The van der Waals surface area contributed by atoms with E-state index in [2.05, 4.69) is 6.92 Å². The van der Waals surface area contributed by atoms with Gasteiger partial charge in [-0.2, -0.15) is 0 Å². The zero-order valence-corrected chi connectivity index (χ0v) is 14.6. The van der Waals surface area contributed by atoms with Crippen LogP contribution in [0.25, 0.3) is 0 Å². The van der Waals surface area contributed by atoms with Crippen LogP contribution in [0, 0.1) is 5.92 Å². The SMILES string of the molecule is CCCCCCCCCCC=CC(CC(=O)O)C(=O)O.[Cl-].[NH4+]. The first-order valence-electron chi connectivity index (χ1n) is 7.69. The molecule has 6 N–H and O–H groups in total. The number of unbranched alkanes of at least 4 members (excludes halogenated alkanes) is 8. The molecule has 132 valence electrons. The van der Waals surface area contributed by atoms with Crippen LogP contribution in [0.3, 0.4) is 0 Å². The molecule has 0 fully saturated rings. The minimum absolute atomic E-state index is 0. The van der Waals surface area contributed by atoms with Crippen LogP contribution in [-0.4, -0.2) is 22.2 Å². The second kappa shape index (κ2) is 18.0. The molecule has 0 bridgehead atoms. The Balaban J connectivity index is -0.00000180. The van der Waals surface area contributed by atoms with Crippen LogP contribution in [0.2, 0.25) is 0 Å². The molecule has 0 aromatic heterocycles. The van der Waals surface area contributed by atoms with Crippen LogP contribution in [-0.2, 0) is 9.59 Å². The number of halogens is 1. The predicted molar refractivity (Wildman–Crippen MR) is 85.7 cm³/mol. The Kier molecular flexibility index (Phi) is 21.1. The molecule has 0 aliphatic rings. The van der Waals surface area contributed by atoms with E-state index in [4.69, 9.17) is 10.2 Å². The summed E-state index contributed by atoms with van der Waals surface area (Å²) in [5.74, 6) is -3.05. The van der Waals surface area contributed by atoms with E-state index in [0.717, 1.165) is 19.3 Å². The Morgan fingerprint density at radius 2 is 1.45 bits per heavy atom. The van der Waals surface area contributed by atoms with Gasteiger partial charge in [0, 0.05) is 0 Å². The molecule has 6 heteroatoms. The molecule has 0 rings (SSSR count). The summed E-state index contributed by atoms with van der Waals surface area (Å²) in [6, 6.07) is 0. The number of carboxylic acids is 2. The highest BCUT2D eigenvalue weighted by Gasteiger charge is 2.17. The molecule has 5 nitrogen and oxygen atoms in total. The van der Waals surface area contributed by atoms with Crippen molar-refractivity contribution in [3.8, 4) is 0 Å². The summed E-state index contributed by atoms with van der Waals surface area (Å²) < 4.78 is 0. The van der Waals surface area contributed by atoms with Crippen LogP contribution < -0.4 is 18.6 Å². The highest BCUT2D eigenvalue weighted by Crippen LogP contribution is 2.11. The maximum Gasteiger partial charge on any atom is 0.310 e. The zero-order valence-electron chi connectivity index (χ0n) is 13.9. The van der Waals surface area contributed by atoms with Crippen molar-refractivity contribution in [3.05, 3.63) is 12.2 Å². The van der Waals surface area contributed by atoms with Crippen molar-refractivity contribution in [2.75, 3.05) is 0 Å². The number of hydrogen-bond donors (Lipinski definition) is 3. The van der Waals surface area contributed by atoms with Crippen LogP contribution in [0.15, 0.2) is 12.2 Å². The summed E-state index contributed by atoms with van der Waals surface area (Å²) in [7, 11) is 0. The Labute approximate surface area is 140 Å². The number of quaternary nitrogens is 1. The van der Waals surface area contributed by atoms with Crippen LogP contribution in [0.1, 0.15) is 71.1 Å². The molecule has 0 aliphatic heterocycles. The smallest absolute Gasteiger partial charge is 0.310 e. The van der Waals surface area contributed by atoms with Crippen molar-refractivity contribution >= 4 is 11.9 Å². The van der Waals surface area contributed by atoms with Gasteiger partial charge in [0.05, 0.1) is 12.3 Å². The fourth-order valence-corrected chi connectivity index (χ4v) is 2.08. The van der Waals surface area contributed by atoms with E-state index in [1.807, 2.05) is 0 Å². The Morgan fingerprint density at radius 3 is 1.91 bits per heavy atom. The van der Waals surface area contributed by atoms with Gasteiger partial charge in [-0.3, -0.25) is 9.59 Å². The zero-order chi connectivity index (χ0) is 15.2. The Hall–Kier alpha value is -1.07. The van der Waals surface area contributed by atoms with Gasteiger partial charge in [0.15, 0.2) is 0 Å². The standard InChI is InChI=1S/C16H28O4.ClH.H3N/c1-2-3-4-5-6-7-8-9-10-11-12-14(16(19)20)13-15(17)18;;/h11-12,14H,2-10,13H2,1H3,(H,17,18)(H,19,20);1H;1H3. The average molecular weight is 338 g/mol. The van der Waals surface area contributed by atoms with Crippen molar-refractivity contribution < 1.29 is 32.2 Å². The van der Waals surface area contributed by atoms with Crippen molar-refractivity contribution in [1.82, 2.24) is 6.15 Å². The third-order valence-electron chi connectivity index (χ3n) is 3.30. The molecule has 0 saturated heterocycles. The first-order valence-corrected chi connectivity index (χ1v) is 7.69. The Bertz CT molecular complexity index is 309. The van der Waals surface area contributed by atoms with Crippen molar-refractivity contribution in [3.63, 3.8) is 0 Å². The topological polar surface area (TPSA) is 111 Å². The Morgan fingerprint density at radius 1 is 0.955 bits per heavy atom. The summed E-state index contributed by atoms with van der Waals surface area (Å²) in [4.78, 5) is 21.3. The first kappa shape index (κ1) is 25.9. The van der Waals surface area contributed by atoms with Gasteiger partial charge < -0.3 is 28.8 Å². The lowest BCUT2D eigenvalue weighted by molar-refractivity contribution is -0.146. The molecule has 0 spiro atoms. The van der Waals surface area contributed by atoms with Crippen molar-refractivity contribution in [1.29, 1.82) is 0 Å². The number of allylic oxidation sites excluding steroid dienone is 1. The molecule has 1 unspecified atom stereocenters. The molecule has 22 heavy (non-hydrogen) atoms. The monoisotopic (exact) mass is 337 g/mol. The normalized spacial score (nSPS) is 11.5. The highest BCUT2D eigenvalue weighted by molar-refractivity contribution is 5.79. The highest BCUT2D eigenvalue weighted by atomic mass is 35.5. The number of carboxylic acid groups (broad SMARTS) is 2. The number of aliphatic carboxylic acids is 2. The van der Waals surface area contributed by atoms with Gasteiger partial charge in [-0.05, 0) is 12.8 Å². The second-order valence-corrected chi connectivity index (χ2v) is 5.23. The van der Waals surface area contributed by atoms with Gasteiger partial charge in [0.25, 0.3) is 0 Å². The number of hydrogen-bond acceptors (Lipinski definition) is 2. The fraction of sp³-hybridized carbons (Fsp3) is 0.750. The van der Waals surface area contributed by atoms with E-state index in [1.165, 1.54) is 44.6 Å². The summed E-state index contributed by atoms with van der Waals surface area (Å²) in [6.07, 6.45) is 13.7. The molecule has 0 aliphatic carbocycles. The molecular formula is C16H32ClNO4. The van der Waals surface area contributed by atoms with E-state index < -0.39 is 17.9 Å². The van der Waals surface area contributed by atoms with E-state index in [9.17, 15) is 9.59 Å². The van der Waals surface area contributed by atoms with E-state index in [-0.39, 0.29) is 25.0 Å². The maximum absolute atomic E-state index is 10.8. The molecule has 1 atom stereocenters. The third kappa shape index (κ3) is 17.0. The summed E-state index contributed by atoms with van der Waals surface area (Å²) in [6.45, 7) is 2.21. The molecule has 0 saturated carbocycles. The van der Waals surface area contributed by atoms with Gasteiger partial charge >= 0.3 is 11.9 Å². The van der Waals surface area contributed by atoms with Crippen molar-refractivity contribution in [2.24, 2.45) is 5.92 Å². The molecule has 0 aromatic carbocycles. The lowest BCUT2D eigenvalue weighted by atomic mass is 10.0. The molecule has 0 amide bonds. The van der Waals surface area contributed by atoms with Gasteiger partial charge in [-0.25, -0.2) is 0 Å². The molecule has 0 aromatic rings. The summed E-state index contributed by atoms with van der Waals surface area (Å²) in [5.41, 5.74) is 0. The average Bonchev–Trinajstić information content (AvgIpc) is 2.39. The number of carbonyl (C=O) groups is 2. The van der Waals surface area contributed by atoms with Gasteiger partial charge in [-0.15, -0.1) is 0 Å². The third-order valence-corrected chi connectivity index (χ3v) is 3.30. The molecule has 0 radical (unpaired) electrons. The predicted octanol–water partition coefficient (Wildman–Crippen LogP) is 1.63. The fourth-order valence-electron chi connectivity index (χ4n) is 2.08. The van der Waals surface area contributed by atoms with Crippen LogP contribution >= 0.6 is 0 Å². The van der Waals surface area contributed by atoms with E-state index in [0.29, 0.717) is 0 Å². The molecule has 0 heterocycles. The van der Waals surface area contributed by atoms with E-state index >= 15 is 0 Å². The lowest BCUT2D eigenvalue weighted by Gasteiger charge is -2.03. The van der Waals surface area contributed by atoms with Gasteiger partial charge in [-0.1, -0.05) is 64.0 Å². The van der Waals surface area contributed by atoms with E-state index in [1.54, 1.807) is 6.08 Å². The number of rotatable bonds is 13. The summed E-state index contributed by atoms with van der Waals surface area (Å²) in [5, 5.41) is 17.4. The largest absolute Gasteiger partial charge is 1.00 e. The van der Waals surface area contributed by atoms with Crippen LogP contribution in [0.4, 0.5) is 0 Å². The minimum Gasteiger partial charge on any atom is -1.00 e. The maximum atomic E-state index is 10.8. The minimum atomic E-state index is -1.07. The molecular weight excluding hydrogens is 306 g/mol. The van der Waals surface area contributed by atoms with Crippen LogP contribution in [0.5, 0.6) is 0 Å². The van der Waals surface area contributed by atoms with Gasteiger partial charge in [0.2, 0.25) is 0 Å². The second-order valence-electron chi connectivity index (χ2n) is 5.23. The summed E-state index contributed by atoms with van der Waals surface area (Å²) >= 11 is 0. The van der Waals surface area contributed by atoms with Gasteiger partial charge in [0.1, 0.15) is 0 Å². The quantitative estimate of drug-likeness (QED) is 0.350. The lowest BCUT2D eigenvalue weighted by Crippen LogP contribution is -3.00. The first-order chi connectivity index (χ1) is 9.57. The van der Waals surface area contributed by atoms with Crippen molar-refractivity contribution in [2.45, 2.75) is 71.1 Å².